The minimum absolute atomic E-state index is 0.111. The van der Waals surface area contributed by atoms with Gasteiger partial charge < -0.3 is 4.74 Å². The van der Waals surface area contributed by atoms with E-state index in [9.17, 15) is 22.0 Å². The first-order valence-electron chi connectivity index (χ1n) is 9.16. The normalized spacial score (nSPS) is 28.1. The van der Waals surface area contributed by atoms with Crippen LogP contribution >= 0.6 is 0 Å². The van der Waals surface area contributed by atoms with Crippen molar-refractivity contribution in [1.29, 1.82) is 0 Å². The second-order valence-electron chi connectivity index (χ2n) is 7.17. The number of halogens is 5. The van der Waals surface area contributed by atoms with Crippen molar-refractivity contribution in [3.63, 3.8) is 0 Å². The molecule has 0 aliphatic heterocycles. The monoisotopic (exact) mass is 366 g/mol. The van der Waals surface area contributed by atoms with Crippen LogP contribution in [0.4, 0.5) is 22.0 Å². The number of allylic oxidation sites excluding steroid dienone is 2. The summed E-state index contributed by atoms with van der Waals surface area (Å²) in [5, 5.41) is 0. The van der Waals surface area contributed by atoms with Crippen molar-refractivity contribution in [2.24, 2.45) is 11.8 Å². The molecule has 1 fully saturated rings. The molecule has 0 amide bonds. The van der Waals surface area contributed by atoms with Gasteiger partial charge >= 0.3 is 12.0 Å². The molecule has 1 atom stereocenters. The van der Waals surface area contributed by atoms with Crippen molar-refractivity contribution < 1.29 is 26.7 Å². The minimum atomic E-state index is -4.81. The van der Waals surface area contributed by atoms with Gasteiger partial charge in [0.15, 0.2) is 6.67 Å². The Morgan fingerprint density at radius 2 is 1.80 bits per heavy atom. The third-order valence-corrected chi connectivity index (χ3v) is 5.27. The zero-order valence-corrected chi connectivity index (χ0v) is 14.6. The van der Waals surface area contributed by atoms with Crippen molar-refractivity contribution >= 4 is 0 Å². The lowest BCUT2D eigenvalue weighted by molar-refractivity contribution is -0.358. The quantitative estimate of drug-likeness (QED) is 0.448. The van der Waals surface area contributed by atoms with Crippen LogP contribution < -0.4 is 0 Å². The van der Waals surface area contributed by atoms with Crippen LogP contribution in [0.2, 0.25) is 0 Å². The third kappa shape index (κ3) is 5.28. The van der Waals surface area contributed by atoms with Crippen LogP contribution in [0, 0.1) is 11.8 Å². The third-order valence-electron chi connectivity index (χ3n) is 5.27. The number of ether oxygens (including phenoxy) is 1. The van der Waals surface area contributed by atoms with Gasteiger partial charge in [0, 0.05) is 0 Å². The van der Waals surface area contributed by atoms with Crippen LogP contribution in [0.25, 0.3) is 0 Å². The second kappa shape index (κ2) is 8.65. The van der Waals surface area contributed by atoms with Gasteiger partial charge in [-0.25, -0.2) is 4.39 Å². The fourth-order valence-corrected chi connectivity index (χ4v) is 3.64. The molecule has 0 heterocycles. The highest BCUT2D eigenvalue weighted by atomic mass is 19.3. The average molecular weight is 366 g/mol. The molecule has 25 heavy (non-hydrogen) atoms. The molecule has 1 unspecified atom stereocenters. The molecule has 0 aromatic rings. The van der Waals surface area contributed by atoms with Gasteiger partial charge in [0.25, 0.3) is 0 Å². The smallest absolute Gasteiger partial charge is 0.308 e. The van der Waals surface area contributed by atoms with Gasteiger partial charge in [-0.1, -0.05) is 44.4 Å². The van der Waals surface area contributed by atoms with Crippen LogP contribution in [0.5, 0.6) is 0 Å². The standard InChI is InChI=1S/C19H27F5O/c1-2-3-4-14-5-7-15(8-6-14)16-9-11-17(12-10-16)25-19(23,24)18(21,22)13-20/h9-11,14-15,17H,2-8,12-13H2,1H3. The summed E-state index contributed by atoms with van der Waals surface area (Å²) < 4.78 is 68.7. The fourth-order valence-electron chi connectivity index (χ4n) is 3.64. The molecule has 0 spiro atoms. The van der Waals surface area contributed by atoms with Crippen LogP contribution in [0.3, 0.4) is 0 Å². The summed E-state index contributed by atoms with van der Waals surface area (Å²) in [6.45, 7) is -0.256. The lowest BCUT2D eigenvalue weighted by Gasteiger charge is -2.32. The Labute approximate surface area is 146 Å². The maximum absolute atomic E-state index is 13.3. The summed E-state index contributed by atoms with van der Waals surface area (Å²) in [7, 11) is 0. The van der Waals surface area contributed by atoms with E-state index in [1.165, 1.54) is 38.2 Å². The molecule has 0 saturated heterocycles. The molecule has 1 saturated carbocycles. The highest BCUT2D eigenvalue weighted by Gasteiger charge is 2.59. The first-order valence-corrected chi connectivity index (χ1v) is 9.16. The molecule has 0 N–H and O–H groups in total. The van der Waals surface area contributed by atoms with E-state index in [0.29, 0.717) is 5.92 Å². The Morgan fingerprint density at radius 1 is 1.12 bits per heavy atom. The molecule has 6 heteroatoms. The fraction of sp³-hybridized carbons (Fsp3) is 0.789. The molecule has 144 valence electrons. The van der Waals surface area contributed by atoms with E-state index < -0.39 is 24.8 Å². The topological polar surface area (TPSA) is 9.23 Å². The zero-order valence-electron chi connectivity index (χ0n) is 14.6. The van der Waals surface area contributed by atoms with Crippen LogP contribution in [-0.4, -0.2) is 24.8 Å². The predicted molar refractivity (Wildman–Crippen MR) is 87.6 cm³/mol. The average Bonchev–Trinajstić information content (AvgIpc) is 2.60. The molecular weight excluding hydrogens is 339 g/mol. The Hall–Kier alpha value is -0.910. The van der Waals surface area contributed by atoms with Crippen LogP contribution in [0.15, 0.2) is 23.8 Å². The Kier molecular flexibility index (Phi) is 7.06. The van der Waals surface area contributed by atoms with Crippen molar-refractivity contribution in [2.75, 3.05) is 6.67 Å². The van der Waals surface area contributed by atoms with Gasteiger partial charge in [-0.05, 0) is 49.5 Å². The van der Waals surface area contributed by atoms with Crippen molar-refractivity contribution in [3.8, 4) is 0 Å². The van der Waals surface area contributed by atoms with Crippen LogP contribution in [0.1, 0.15) is 58.3 Å². The number of alkyl halides is 5. The maximum Gasteiger partial charge on any atom is 0.422 e. The number of unbranched alkanes of at least 4 members (excludes halogenated alkanes) is 1. The molecule has 0 radical (unpaired) electrons. The molecule has 1 nitrogen and oxygen atoms in total. The molecule has 0 aromatic heterocycles. The SMILES string of the molecule is CCCCC1CCC(C2=CCC(OC(F)(F)C(F)(F)CF)C=C2)CC1. The number of hydrogen-bond donors (Lipinski definition) is 0. The van der Waals surface area contributed by atoms with Crippen molar-refractivity contribution in [3.05, 3.63) is 23.8 Å². The first-order chi connectivity index (χ1) is 11.8. The van der Waals surface area contributed by atoms with Crippen LogP contribution in [-0.2, 0) is 4.74 Å². The molecule has 2 aliphatic rings. The van der Waals surface area contributed by atoms with E-state index in [4.69, 9.17) is 0 Å². The number of hydrogen-bond acceptors (Lipinski definition) is 1. The largest absolute Gasteiger partial charge is 0.422 e. The van der Waals surface area contributed by atoms with Crippen molar-refractivity contribution in [2.45, 2.75) is 76.4 Å². The molecular formula is C19H27F5O. The van der Waals surface area contributed by atoms with Gasteiger partial charge in [-0.2, -0.15) is 17.6 Å². The van der Waals surface area contributed by atoms with E-state index in [1.807, 2.05) is 0 Å². The summed E-state index contributed by atoms with van der Waals surface area (Å²) in [5.74, 6) is -3.62. The highest BCUT2D eigenvalue weighted by Crippen LogP contribution is 2.40. The Morgan fingerprint density at radius 3 is 2.32 bits per heavy atom. The summed E-state index contributed by atoms with van der Waals surface area (Å²) in [4.78, 5) is 0. The second-order valence-corrected chi connectivity index (χ2v) is 7.17. The maximum atomic E-state index is 13.3. The van der Waals surface area contributed by atoms with E-state index >= 15 is 0 Å². The van der Waals surface area contributed by atoms with E-state index in [-0.39, 0.29) is 6.42 Å². The summed E-state index contributed by atoms with van der Waals surface area (Å²) >= 11 is 0. The van der Waals surface area contributed by atoms with E-state index in [2.05, 4.69) is 11.7 Å². The van der Waals surface area contributed by atoms with Crippen molar-refractivity contribution in [1.82, 2.24) is 0 Å². The van der Waals surface area contributed by atoms with Gasteiger partial charge in [-0.3, -0.25) is 0 Å². The van der Waals surface area contributed by atoms with Gasteiger partial charge in [0.05, 0.1) is 6.10 Å². The van der Waals surface area contributed by atoms with Gasteiger partial charge in [0.1, 0.15) is 0 Å². The lowest BCUT2D eigenvalue weighted by Crippen LogP contribution is -2.46. The molecule has 0 bridgehead atoms. The summed E-state index contributed by atoms with van der Waals surface area (Å²) in [6, 6.07) is 0. The highest BCUT2D eigenvalue weighted by molar-refractivity contribution is 5.27. The summed E-state index contributed by atoms with van der Waals surface area (Å²) in [6.07, 6.45) is 7.28. The van der Waals surface area contributed by atoms with E-state index in [0.717, 1.165) is 24.3 Å². The van der Waals surface area contributed by atoms with Gasteiger partial charge in [-0.15, -0.1) is 0 Å². The van der Waals surface area contributed by atoms with E-state index in [1.54, 1.807) is 12.2 Å². The van der Waals surface area contributed by atoms with Gasteiger partial charge in [0.2, 0.25) is 0 Å². The molecule has 0 aromatic carbocycles. The summed E-state index contributed by atoms with van der Waals surface area (Å²) in [5.41, 5.74) is 1.08. The first kappa shape index (κ1) is 20.4. The molecule has 2 rings (SSSR count). The number of rotatable bonds is 8. The zero-order chi connectivity index (χ0) is 18.5. The lowest BCUT2D eigenvalue weighted by atomic mass is 9.76. The molecule has 2 aliphatic carbocycles. The predicted octanol–water partition coefficient (Wildman–Crippen LogP) is 6.45. The Balaban J connectivity index is 1.83. The minimum Gasteiger partial charge on any atom is -0.308 e. The Bertz CT molecular complexity index is 478.